The first-order valence-electron chi connectivity index (χ1n) is 3.99. The molecule has 2 aliphatic rings. The smallest absolute Gasteiger partial charge is 1.00 e. The zero-order chi connectivity index (χ0) is 8.55. The largest absolute Gasteiger partial charge is 1.00 e. The van der Waals surface area contributed by atoms with Crippen molar-refractivity contribution in [3.8, 4) is 0 Å². The zero-order valence-electron chi connectivity index (χ0n) is 7.43. The van der Waals surface area contributed by atoms with E-state index in [-0.39, 0.29) is 24.8 Å². The molecule has 0 aromatic carbocycles. The van der Waals surface area contributed by atoms with Crippen LogP contribution in [0.5, 0.6) is 0 Å². The van der Waals surface area contributed by atoms with E-state index in [1.165, 1.54) is 9.45 Å². The van der Waals surface area contributed by atoms with Gasteiger partial charge in [0.05, 0.1) is 0 Å². The Morgan fingerprint density at radius 1 is 1.07 bits per heavy atom. The van der Waals surface area contributed by atoms with Crippen molar-refractivity contribution >= 4 is 0 Å². The Kier molecular flexibility index (Phi) is 5.84. The molecule has 0 aliphatic heterocycles. The van der Waals surface area contributed by atoms with Crippen molar-refractivity contribution in [3.05, 3.63) is 45.1 Å². The molecule has 0 amide bonds. The molecule has 4 heteroatoms. The fraction of sp³-hybridized carbons (Fsp3) is 0.200. The number of allylic oxidation sites excluding steroid dienone is 7. The standard InChI is InChI=1S/C10H9O.2ClH.Ti/c11-10-7-3-6-9(10)8-4-1-2-5-8;;;/h1,3-4,7,11H,2,6H2;2*1H;/q;;;+2/p-2. The van der Waals surface area contributed by atoms with Gasteiger partial charge in [-0.25, -0.2) is 0 Å². The van der Waals surface area contributed by atoms with Gasteiger partial charge in [-0.1, -0.05) is 0 Å². The first-order chi connectivity index (χ1) is 5.79. The fourth-order valence-corrected chi connectivity index (χ4v) is 2.08. The van der Waals surface area contributed by atoms with Crippen LogP contribution in [-0.4, -0.2) is 5.11 Å². The van der Waals surface area contributed by atoms with E-state index in [1.54, 1.807) is 6.08 Å². The van der Waals surface area contributed by atoms with Gasteiger partial charge >= 0.3 is 83.5 Å². The quantitative estimate of drug-likeness (QED) is 0.488. The molecule has 0 saturated heterocycles. The van der Waals surface area contributed by atoms with Crippen molar-refractivity contribution in [2.24, 2.45) is 0 Å². The molecule has 2 aliphatic carbocycles. The number of halogens is 2. The number of hydrogen-bond donors (Lipinski definition) is 1. The number of aliphatic hydroxyl groups excluding tert-OH is 1. The van der Waals surface area contributed by atoms with E-state index in [1.807, 2.05) is 6.08 Å². The van der Waals surface area contributed by atoms with Crippen LogP contribution in [-0.2, 0) is 20.4 Å². The van der Waals surface area contributed by atoms with Gasteiger partial charge < -0.3 is 24.8 Å². The molecule has 0 heterocycles. The summed E-state index contributed by atoms with van der Waals surface area (Å²) >= 11 is 2.12. The summed E-state index contributed by atoms with van der Waals surface area (Å²) in [6, 6.07) is 0. The molecular weight excluding hydrogens is 255 g/mol. The van der Waals surface area contributed by atoms with Gasteiger partial charge in [0.15, 0.2) is 0 Å². The second kappa shape index (κ2) is 5.82. The van der Waals surface area contributed by atoms with E-state index < -0.39 is 0 Å². The van der Waals surface area contributed by atoms with Gasteiger partial charge in [0.2, 0.25) is 0 Å². The molecule has 0 atom stereocenters. The normalized spacial score (nSPS) is 18.7. The summed E-state index contributed by atoms with van der Waals surface area (Å²) in [4.78, 5) is 0. The Balaban J connectivity index is 0.000000845. The number of rotatable bonds is 1. The first kappa shape index (κ1) is 14.1. The summed E-state index contributed by atoms with van der Waals surface area (Å²) in [5, 5.41) is 9.49. The number of aliphatic hydroxyl groups is 1. The third-order valence-electron chi connectivity index (χ3n) is 2.16. The summed E-state index contributed by atoms with van der Waals surface area (Å²) in [7, 11) is 0. The molecule has 0 aromatic heterocycles. The summed E-state index contributed by atoms with van der Waals surface area (Å²) in [5.74, 6) is 0.441. The molecule has 14 heavy (non-hydrogen) atoms. The Bertz CT molecular complexity index is 340. The van der Waals surface area contributed by atoms with Gasteiger partial charge in [0, 0.05) is 0 Å². The molecular formula is C10H9Cl2OTi. The molecule has 1 nitrogen and oxygen atoms in total. The summed E-state index contributed by atoms with van der Waals surface area (Å²) in [6.07, 6.45) is 9.94. The minimum Gasteiger partial charge on any atom is -1.00 e. The van der Waals surface area contributed by atoms with Gasteiger partial charge in [-0.3, -0.25) is 0 Å². The van der Waals surface area contributed by atoms with Gasteiger partial charge in [0.25, 0.3) is 0 Å². The Morgan fingerprint density at radius 3 is 2.14 bits per heavy atom. The van der Waals surface area contributed by atoms with E-state index in [9.17, 15) is 5.11 Å². The fourth-order valence-electron chi connectivity index (χ4n) is 1.53. The predicted octanol–water partition coefficient (Wildman–Crippen LogP) is -3.47. The van der Waals surface area contributed by atoms with Gasteiger partial charge in [-0.15, -0.1) is 0 Å². The van der Waals surface area contributed by atoms with Crippen LogP contribution >= 0.6 is 0 Å². The van der Waals surface area contributed by atoms with Crippen LogP contribution in [0.2, 0.25) is 0 Å². The maximum Gasteiger partial charge on any atom is -1.00 e. The Hall–Kier alpha value is 0.0543. The van der Waals surface area contributed by atoms with Crippen molar-refractivity contribution in [2.45, 2.75) is 12.8 Å². The van der Waals surface area contributed by atoms with Crippen molar-refractivity contribution in [1.82, 2.24) is 0 Å². The third kappa shape index (κ3) is 2.55. The number of hydrogen-bond acceptors (Lipinski definition) is 1. The first-order valence-corrected chi connectivity index (χ1v) is 4.77. The van der Waals surface area contributed by atoms with E-state index in [0.29, 0.717) is 5.76 Å². The predicted molar refractivity (Wildman–Crippen MR) is 44.2 cm³/mol. The van der Waals surface area contributed by atoms with Crippen LogP contribution < -0.4 is 24.8 Å². The summed E-state index contributed by atoms with van der Waals surface area (Å²) in [6.45, 7) is 0. The van der Waals surface area contributed by atoms with Crippen molar-refractivity contribution < 1.29 is 50.4 Å². The van der Waals surface area contributed by atoms with Crippen LogP contribution in [0, 0.1) is 0 Å². The molecule has 0 saturated carbocycles. The minimum atomic E-state index is 0. The molecule has 73 valence electrons. The topological polar surface area (TPSA) is 20.2 Å². The van der Waals surface area contributed by atoms with Gasteiger partial charge in [-0.2, -0.15) is 0 Å². The SMILES string of the molecule is OC1=C(C2=[C]([Ti+2])CC=C2)CC=C1.[Cl-].[Cl-]. The van der Waals surface area contributed by atoms with Crippen LogP contribution in [0.25, 0.3) is 0 Å². The van der Waals surface area contributed by atoms with E-state index in [2.05, 4.69) is 32.6 Å². The van der Waals surface area contributed by atoms with Crippen LogP contribution in [0.1, 0.15) is 12.8 Å². The monoisotopic (exact) mass is 263 g/mol. The minimum absolute atomic E-state index is 0. The van der Waals surface area contributed by atoms with Crippen LogP contribution in [0.3, 0.4) is 0 Å². The summed E-state index contributed by atoms with van der Waals surface area (Å²) < 4.78 is 1.36. The van der Waals surface area contributed by atoms with Gasteiger partial charge in [0.1, 0.15) is 0 Å². The molecule has 0 bridgehead atoms. The van der Waals surface area contributed by atoms with Crippen molar-refractivity contribution in [3.63, 3.8) is 0 Å². The average Bonchev–Trinajstić information content (AvgIpc) is 2.59. The molecule has 2 rings (SSSR count). The molecule has 0 fully saturated rings. The van der Waals surface area contributed by atoms with Crippen LogP contribution in [0.4, 0.5) is 0 Å². The molecule has 1 N–H and O–H groups in total. The van der Waals surface area contributed by atoms with Crippen LogP contribution in [0.15, 0.2) is 45.1 Å². The van der Waals surface area contributed by atoms with Crippen molar-refractivity contribution in [2.75, 3.05) is 0 Å². The Labute approximate surface area is 108 Å². The average molecular weight is 264 g/mol. The molecule has 0 spiro atoms. The summed E-state index contributed by atoms with van der Waals surface area (Å²) in [5.41, 5.74) is 2.32. The third-order valence-corrected chi connectivity index (χ3v) is 2.90. The van der Waals surface area contributed by atoms with Gasteiger partial charge in [-0.05, 0) is 0 Å². The zero-order valence-corrected chi connectivity index (χ0v) is 10.5. The maximum atomic E-state index is 9.49. The second-order valence-electron chi connectivity index (χ2n) is 2.97. The molecule has 0 unspecified atom stereocenters. The van der Waals surface area contributed by atoms with E-state index >= 15 is 0 Å². The maximum absolute atomic E-state index is 9.49. The second-order valence-corrected chi connectivity index (χ2v) is 3.91. The Morgan fingerprint density at radius 2 is 1.71 bits per heavy atom. The van der Waals surface area contributed by atoms with E-state index in [0.717, 1.165) is 18.4 Å². The molecule has 0 aromatic rings. The van der Waals surface area contributed by atoms with Crippen molar-refractivity contribution in [1.29, 1.82) is 0 Å². The van der Waals surface area contributed by atoms with E-state index in [4.69, 9.17) is 0 Å². The molecule has 0 radical (unpaired) electrons.